The van der Waals surface area contributed by atoms with E-state index in [0.29, 0.717) is 0 Å². The molecule has 8 heteroatoms. The van der Waals surface area contributed by atoms with E-state index in [4.69, 9.17) is 20.0 Å². The van der Waals surface area contributed by atoms with Gasteiger partial charge in [0.05, 0.1) is 13.2 Å². The van der Waals surface area contributed by atoms with Gasteiger partial charge < -0.3 is 14.8 Å². The average molecular weight is 262 g/mol. The number of nitrogens with one attached hydrogen (secondary N) is 1. The molecule has 0 fully saturated rings. The van der Waals surface area contributed by atoms with Crippen LogP contribution < -0.4 is 11.1 Å². The number of hydrogen-bond acceptors (Lipinski definition) is 5. The smallest absolute Gasteiger partial charge is 0.357 e. The van der Waals surface area contributed by atoms with Crippen molar-refractivity contribution in [2.24, 2.45) is 10.7 Å². The zero-order valence-electron chi connectivity index (χ0n) is 10.6. The fraction of sp³-hybridized carbons (Fsp3) is 0.778. The summed E-state index contributed by atoms with van der Waals surface area (Å²) in [5.74, 6) is -0.128. The molecular formula is C9H19N4O3P. The van der Waals surface area contributed by atoms with Crippen molar-refractivity contribution in [1.29, 1.82) is 5.26 Å². The van der Waals surface area contributed by atoms with Gasteiger partial charge in [0.1, 0.15) is 0 Å². The molecule has 0 saturated heterocycles. The van der Waals surface area contributed by atoms with Crippen LogP contribution in [0.2, 0.25) is 0 Å². The summed E-state index contributed by atoms with van der Waals surface area (Å²) in [6.45, 7) is 7.05. The molecule has 7 nitrogen and oxygen atoms in total. The van der Waals surface area contributed by atoms with Gasteiger partial charge in [-0.2, -0.15) is 5.26 Å². The molecule has 0 aromatic carbocycles. The molecule has 3 N–H and O–H groups in total. The molecule has 0 aromatic heterocycles. The molecule has 17 heavy (non-hydrogen) atoms. The van der Waals surface area contributed by atoms with Crippen LogP contribution in [0.5, 0.6) is 0 Å². The molecule has 0 radical (unpaired) electrons. The molecule has 0 spiro atoms. The second-order valence-corrected chi connectivity index (χ2v) is 6.17. The summed E-state index contributed by atoms with van der Waals surface area (Å²) in [6.07, 6.45) is 1.63. The van der Waals surface area contributed by atoms with Gasteiger partial charge in [0.2, 0.25) is 5.96 Å². The minimum absolute atomic E-state index is 0.128. The largest absolute Gasteiger partial charge is 0.369 e. The molecular weight excluding hydrogens is 243 g/mol. The molecule has 0 aromatic rings. The number of nitriles is 1. The number of nitrogens with zero attached hydrogens (tertiary/aromatic N) is 2. The predicted octanol–water partition coefficient (Wildman–Crippen LogP) is 1.37. The zero-order chi connectivity index (χ0) is 13.5. The fourth-order valence-corrected chi connectivity index (χ4v) is 2.75. The van der Waals surface area contributed by atoms with E-state index in [0.717, 1.165) is 0 Å². The van der Waals surface area contributed by atoms with Crippen molar-refractivity contribution in [3.8, 4) is 6.19 Å². The summed E-state index contributed by atoms with van der Waals surface area (Å²) in [7, 11) is -3.42. The lowest BCUT2D eigenvalue weighted by Crippen LogP contribution is -2.33. The molecule has 0 unspecified atom stereocenters. The third kappa shape index (κ3) is 4.35. The maximum Gasteiger partial charge on any atom is 0.357 e. The van der Waals surface area contributed by atoms with Gasteiger partial charge in [0, 0.05) is 0 Å². The summed E-state index contributed by atoms with van der Waals surface area (Å²) >= 11 is 0. The summed E-state index contributed by atoms with van der Waals surface area (Å²) in [6, 6.07) is 0. The minimum atomic E-state index is -3.42. The lowest BCUT2D eigenvalue weighted by atomic mass is 10.4. The molecule has 0 rings (SSSR count). The Morgan fingerprint density at radius 1 is 1.47 bits per heavy atom. The number of guanidine groups is 1. The van der Waals surface area contributed by atoms with E-state index >= 15 is 0 Å². The molecule has 0 heterocycles. The van der Waals surface area contributed by atoms with Crippen LogP contribution in [0.15, 0.2) is 4.99 Å². The van der Waals surface area contributed by atoms with E-state index in [1.165, 1.54) is 0 Å². The molecule has 0 aliphatic rings. The van der Waals surface area contributed by atoms with Gasteiger partial charge in [0.25, 0.3) is 0 Å². The van der Waals surface area contributed by atoms with Crippen LogP contribution in [0, 0.1) is 11.5 Å². The summed E-state index contributed by atoms with van der Waals surface area (Å²) in [5, 5.41) is 9.39. The number of aliphatic imine (C=N–C) groups is 1. The van der Waals surface area contributed by atoms with E-state index < -0.39 is 12.9 Å². The van der Waals surface area contributed by atoms with E-state index in [1.54, 1.807) is 33.9 Å². The van der Waals surface area contributed by atoms with E-state index in [2.05, 4.69) is 10.3 Å². The highest BCUT2D eigenvalue weighted by Gasteiger charge is 2.43. The average Bonchev–Trinajstić information content (AvgIpc) is 2.17. The topological polar surface area (TPSA) is 110 Å². The molecule has 98 valence electrons. The lowest BCUT2D eigenvalue weighted by Gasteiger charge is -2.29. The quantitative estimate of drug-likeness (QED) is 0.246. The Labute approximate surface area is 102 Å². The Morgan fingerprint density at radius 2 is 1.94 bits per heavy atom. The Kier molecular flexibility index (Phi) is 6.18. The van der Waals surface area contributed by atoms with Crippen LogP contribution in [0.4, 0.5) is 0 Å². The highest BCUT2D eigenvalue weighted by molar-refractivity contribution is 7.55. The normalized spacial score (nSPS) is 13.2. The van der Waals surface area contributed by atoms with Crippen molar-refractivity contribution >= 4 is 13.6 Å². The van der Waals surface area contributed by atoms with Crippen molar-refractivity contribution in [2.45, 2.75) is 33.0 Å². The van der Waals surface area contributed by atoms with Gasteiger partial charge >= 0.3 is 7.60 Å². The van der Waals surface area contributed by atoms with Crippen molar-refractivity contribution in [2.75, 3.05) is 13.2 Å². The lowest BCUT2D eigenvalue weighted by molar-refractivity contribution is 0.202. The maximum absolute atomic E-state index is 12.5. The molecule has 0 bridgehead atoms. The highest BCUT2D eigenvalue weighted by atomic mass is 31.2. The van der Waals surface area contributed by atoms with Gasteiger partial charge in [-0.25, -0.2) is 4.99 Å². The molecule has 0 saturated carbocycles. The van der Waals surface area contributed by atoms with Crippen molar-refractivity contribution in [3.05, 3.63) is 0 Å². The van der Waals surface area contributed by atoms with Crippen LogP contribution in [0.1, 0.15) is 27.7 Å². The number of nitrogens with two attached hydrogens (primary N) is 1. The molecule has 0 aliphatic carbocycles. The van der Waals surface area contributed by atoms with Crippen LogP contribution in [0.3, 0.4) is 0 Å². The summed E-state index contributed by atoms with van der Waals surface area (Å²) < 4.78 is 22.8. The fourth-order valence-electron chi connectivity index (χ4n) is 1.13. The van der Waals surface area contributed by atoms with E-state index in [1.807, 2.05) is 0 Å². The van der Waals surface area contributed by atoms with Gasteiger partial charge in [-0.15, -0.1) is 0 Å². The van der Waals surface area contributed by atoms with Crippen molar-refractivity contribution in [3.63, 3.8) is 0 Å². The molecule has 0 atom stereocenters. The third-order valence-electron chi connectivity index (χ3n) is 1.85. The minimum Gasteiger partial charge on any atom is -0.369 e. The third-order valence-corrected chi connectivity index (χ3v) is 4.48. The predicted molar refractivity (Wildman–Crippen MR) is 65.3 cm³/mol. The maximum atomic E-state index is 12.5. The monoisotopic (exact) mass is 262 g/mol. The van der Waals surface area contributed by atoms with Crippen LogP contribution >= 0.6 is 7.60 Å². The molecule has 0 amide bonds. The standard InChI is InChI=1S/C9H19N4O3P/c1-5-15-17(14,16-6-2)9(3,4)13-8(11)12-7-10/h5-6H2,1-4H3,(H3,11,12,13). The Bertz CT molecular complexity index is 352. The van der Waals surface area contributed by atoms with Crippen LogP contribution in [0.25, 0.3) is 0 Å². The van der Waals surface area contributed by atoms with Gasteiger partial charge in [-0.05, 0) is 27.7 Å². The van der Waals surface area contributed by atoms with E-state index in [9.17, 15) is 4.57 Å². The first kappa shape index (κ1) is 15.9. The van der Waals surface area contributed by atoms with Crippen LogP contribution in [-0.2, 0) is 13.6 Å². The Morgan fingerprint density at radius 3 is 2.29 bits per heavy atom. The van der Waals surface area contributed by atoms with Crippen molar-refractivity contribution < 1.29 is 13.6 Å². The highest BCUT2D eigenvalue weighted by Crippen LogP contribution is 2.60. The first-order valence-corrected chi connectivity index (χ1v) is 6.77. The SMILES string of the molecule is CCOP(=O)(OCC)C(C)(C)N=C(N)NC#N. The molecule has 0 aliphatic heterocycles. The second kappa shape index (κ2) is 6.60. The number of rotatable bonds is 6. The summed E-state index contributed by atoms with van der Waals surface area (Å²) in [4.78, 5) is 3.96. The van der Waals surface area contributed by atoms with Crippen molar-refractivity contribution in [1.82, 2.24) is 5.32 Å². The first-order chi connectivity index (χ1) is 7.83. The zero-order valence-corrected chi connectivity index (χ0v) is 11.5. The van der Waals surface area contributed by atoms with Crippen LogP contribution in [-0.4, -0.2) is 24.5 Å². The Hall–Kier alpha value is -1.09. The Balaban J connectivity index is 5.16. The first-order valence-electron chi connectivity index (χ1n) is 5.22. The van der Waals surface area contributed by atoms with Gasteiger partial charge in [-0.1, -0.05) is 0 Å². The van der Waals surface area contributed by atoms with E-state index in [-0.39, 0.29) is 19.2 Å². The number of hydrogen-bond donors (Lipinski definition) is 2. The van der Waals surface area contributed by atoms with Gasteiger partial charge in [0.15, 0.2) is 11.5 Å². The second-order valence-electron chi connectivity index (χ2n) is 3.56. The van der Waals surface area contributed by atoms with Gasteiger partial charge in [-0.3, -0.25) is 9.88 Å². The summed E-state index contributed by atoms with van der Waals surface area (Å²) in [5.41, 5.74) is 5.44.